The molecule has 3 heteroatoms. The predicted molar refractivity (Wildman–Crippen MR) is 60.9 cm³/mol. The molecule has 1 N–H and O–H groups in total. The van der Waals surface area contributed by atoms with Crippen molar-refractivity contribution in [2.24, 2.45) is 0 Å². The summed E-state index contributed by atoms with van der Waals surface area (Å²) < 4.78 is 0. The predicted octanol–water partition coefficient (Wildman–Crippen LogP) is 2.31. The van der Waals surface area contributed by atoms with Crippen LogP contribution in [0.3, 0.4) is 0 Å². The van der Waals surface area contributed by atoms with Gasteiger partial charge in [0.25, 0.3) is 0 Å². The van der Waals surface area contributed by atoms with Gasteiger partial charge in [-0.25, -0.2) is 4.98 Å². The highest BCUT2D eigenvalue weighted by molar-refractivity contribution is 7.11. The Kier molecular flexibility index (Phi) is 2.88. The van der Waals surface area contributed by atoms with Crippen LogP contribution in [-0.4, -0.2) is 17.1 Å². The monoisotopic (exact) mass is 210 g/mol. The third-order valence-corrected chi connectivity index (χ3v) is 3.65. The molecule has 2 nitrogen and oxygen atoms in total. The number of hydrogen-bond acceptors (Lipinski definition) is 3. The van der Waals surface area contributed by atoms with Crippen LogP contribution in [0.4, 0.5) is 0 Å². The average molecular weight is 210 g/mol. The summed E-state index contributed by atoms with van der Waals surface area (Å²) in [6.07, 6.45) is 3.58. The lowest BCUT2D eigenvalue weighted by Gasteiger charge is -2.24. The smallest absolute Gasteiger partial charge is 0.0900 e. The molecule has 1 aliphatic rings. The Labute approximate surface area is 89.8 Å². The molecule has 1 atom stereocenters. The number of rotatable bonds is 2. The molecule has 0 saturated heterocycles. The first-order chi connectivity index (χ1) is 6.65. The summed E-state index contributed by atoms with van der Waals surface area (Å²) >= 11 is 1.87. The molecule has 1 aliphatic carbocycles. The normalized spacial score (nSPS) is 21.3. The summed E-state index contributed by atoms with van der Waals surface area (Å²) in [6.45, 7) is 6.54. The van der Waals surface area contributed by atoms with Crippen LogP contribution in [0.25, 0.3) is 0 Å². The van der Waals surface area contributed by atoms with E-state index in [2.05, 4.69) is 31.1 Å². The summed E-state index contributed by atoms with van der Waals surface area (Å²) in [5, 5.41) is 4.83. The van der Waals surface area contributed by atoms with Crippen molar-refractivity contribution >= 4 is 11.3 Å². The van der Waals surface area contributed by atoms with Gasteiger partial charge in [0.15, 0.2) is 0 Å². The van der Waals surface area contributed by atoms with E-state index in [0.29, 0.717) is 12.1 Å². The third-order valence-electron chi connectivity index (χ3n) is 2.62. The summed E-state index contributed by atoms with van der Waals surface area (Å²) in [5.41, 5.74) is 1.36. The fraction of sp³-hybridized carbons (Fsp3) is 0.727. The Morgan fingerprint density at radius 2 is 2.29 bits per heavy atom. The Bertz CT molecular complexity index is 317. The van der Waals surface area contributed by atoms with Crippen LogP contribution in [0.1, 0.15) is 35.8 Å². The maximum Gasteiger partial charge on any atom is 0.0900 e. The molecule has 1 unspecified atom stereocenters. The first-order valence-electron chi connectivity index (χ1n) is 5.36. The molecule has 0 bridgehead atoms. The van der Waals surface area contributed by atoms with Crippen LogP contribution in [0, 0.1) is 6.92 Å². The second kappa shape index (κ2) is 3.99. The minimum absolute atomic E-state index is 0.593. The van der Waals surface area contributed by atoms with Gasteiger partial charge in [-0.15, -0.1) is 11.3 Å². The van der Waals surface area contributed by atoms with Crippen LogP contribution in [0.5, 0.6) is 0 Å². The van der Waals surface area contributed by atoms with Gasteiger partial charge in [0.2, 0.25) is 0 Å². The number of aromatic nitrogens is 1. The van der Waals surface area contributed by atoms with Crippen molar-refractivity contribution in [3.63, 3.8) is 0 Å². The number of aryl methyl sites for hydroxylation is 2. The molecule has 0 fully saturated rings. The summed E-state index contributed by atoms with van der Waals surface area (Å²) in [5.74, 6) is 0. The van der Waals surface area contributed by atoms with E-state index in [-0.39, 0.29) is 0 Å². The summed E-state index contributed by atoms with van der Waals surface area (Å²) in [4.78, 5) is 6.06. The van der Waals surface area contributed by atoms with Gasteiger partial charge >= 0.3 is 0 Å². The SMILES string of the molecule is Cc1nc2c(s1)CC(NC(C)C)CC2. The Morgan fingerprint density at radius 1 is 1.50 bits per heavy atom. The van der Waals surface area contributed by atoms with Gasteiger partial charge in [-0.3, -0.25) is 0 Å². The minimum atomic E-state index is 0.593. The Morgan fingerprint density at radius 3 is 3.00 bits per heavy atom. The van der Waals surface area contributed by atoms with Gasteiger partial charge in [-0.05, 0) is 26.2 Å². The molecule has 1 heterocycles. The number of hydrogen-bond donors (Lipinski definition) is 1. The fourth-order valence-corrected chi connectivity index (χ4v) is 3.18. The van der Waals surface area contributed by atoms with Crippen molar-refractivity contribution in [1.82, 2.24) is 10.3 Å². The van der Waals surface area contributed by atoms with Gasteiger partial charge in [-0.2, -0.15) is 0 Å². The maximum absolute atomic E-state index is 4.56. The standard InChI is InChI=1S/C11H18N2S/c1-7(2)12-9-4-5-10-11(6-9)14-8(3)13-10/h7,9,12H,4-6H2,1-3H3. The lowest BCUT2D eigenvalue weighted by Crippen LogP contribution is -2.38. The molecule has 2 rings (SSSR count). The molecule has 1 aromatic rings. The quantitative estimate of drug-likeness (QED) is 0.810. The topological polar surface area (TPSA) is 24.9 Å². The largest absolute Gasteiger partial charge is 0.311 e. The van der Waals surface area contributed by atoms with Crippen LogP contribution >= 0.6 is 11.3 Å². The van der Waals surface area contributed by atoms with E-state index in [1.54, 1.807) is 0 Å². The molecule has 1 aromatic heterocycles. The highest BCUT2D eigenvalue weighted by Gasteiger charge is 2.21. The van der Waals surface area contributed by atoms with Gasteiger partial charge in [0.1, 0.15) is 0 Å². The van der Waals surface area contributed by atoms with Crippen LogP contribution < -0.4 is 5.32 Å². The molecule has 0 spiro atoms. The van der Waals surface area contributed by atoms with Crippen molar-refractivity contribution in [2.75, 3.05) is 0 Å². The first-order valence-corrected chi connectivity index (χ1v) is 6.18. The number of fused-ring (bicyclic) bond motifs is 1. The highest BCUT2D eigenvalue weighted by Crippen LogP contribution is 2.26. The average Bonchev–Trinajstić information content (AvgIpc) is 2.42. The van der Waals surface area contributed by atoms with Crippen LogP contribution in [0.15, 0.2) is 0 Å². The molecule has 0 aliphatic heterocycles. The minimum Gasteiger partial charge on any atom is -0.311 e. The Balaban J connectivity index is 2.05. The van der Waals surface area contributed by atoms with Gasteiger partial charge in [0, 0.05) is 17.0 Å². The highest BCUT2D eigenvalue weighted by atomic mass is 32.1. The zero-order chi connectivity index (χ0) is 10.1. The summed E-state index contributed by atoms with van der Waals surface area (Å²) in [6, 6.07) is 1.26. The fourth-order valence-electron chi connectivity index (χ4n) is 2.12. The zero-order valence-electron chi connectivity index (χ0n) is 9.13. The van der Waals surface area contributed by atoms with Crippen molar-refractivity contribution < 1.29 is 0 Å². The van der Waals surface area contributed by atoms with Gasteiger partial charge in [-0.1, -0.05) is 13.8 Å². The van der Waals surface area contributed by atoms with E-state index in [9.17, 15) is 0 Å². The number of nitrogens with one attached hydrogen (secondary N) is 1. The van der Waals surface area contributed by atoms with Crippen molar-refractivity contribution in [3.05, 3.63) is 15.6 Å². The summed E-state index contributed by atoms with van der Waals surface area (Å²) in [7, 11) is 0. The third kappa shape index (κ3) is 2.15. The lowest BCUT2D eigenvalue weighted by molar-refractivity contribution is 0.422. The second-order valence-corrected chi connectivity index (χ2v) is 5.65. The second-order valence-electron chi connectivity index (χ2n) is 4.36. The van der Waals surface area contributed by atoms with Crippen molar-refractivity contribution in [3.8, 4) is 0 Å². The molecule has 0 amide bonds. The zero-order valence-corrected chi connectivity index (χ0v) is 9.95. The van der Waals surface area contributed by atoms with E-state index in [1.807, 2.05) is 11.3 Å². The maximum atomic E-state index is 4.56. The van der Waals surface area contributed by atoms with Crippen LogP contribution in [0.2, 0.25) is 0 Å². The first kappa shape index (κ1) is 10.1. The van der Waals surface area contributed by atoms with E-state index in [1.165, 1.54) is 28.4 Å². The Hall–Kier alpha value is -0.410. The van der Waals surface area contributed by atoms with Gasteiger partial charge < -0.3 is 5.32 Å². The molecular weight excluding hydrogens is 192 g/mol. The molecular formula is C11H18N2S. The van der Waals surface area contributed by atoms with Gasteiger partial charge in [0.05, 0.1) is 10.7 Å². The van der Waals surface area contributed by atoms with E-state index >= 15 is 0 Å². The van der Waals surface area contributed by atoms with Crippen LogP contribution in [-0.2, 0) is 12.8 Å². The van der Waals surface area contributed by atoms with E-state index < -0.39 is 0 Å². The molecule has 14 heavy (non-hydrogen) atoms. The lowest BCUT2D eigenvalue weighted by atomic mass is 9.97. The van der Waals surface area contributed by atoms with Crippen molar-refractivity contribution in [2.45, 2.75) is 52.1 Å². The molecule has 78 valence electrons. The number of nitrogens with zero attached hydrogens (tertiary/aromatic N) is 1. The number of thiazole rings is 1. The molecule has 0 aromatic carbocycles. The van der Waals surface area contributed by atoms with E-state index in [4.69, 9.17) is 0 Å². The van der Waals surface area contributed by atoms with E-state index in [0.717, 1.165) is 6.42 Å². The molecule has 0 radical (unpaired) electrons. The van der Waals surface area contributed by atoms with Crippen molar-refractivity contribution in [1.29, 1.82) is 0 Å². The molecule has 0 saturated carbocycles.